The summed E-state index contributed by atoms with van der Waals surface area (Å²) in [6.45, 7) is 17.5. The molecule has 2 nitrogen and oxygen atoms in total. The standard InChI is InChI=1S/C64H59FN2/c1-8-9-10-18-38-66(45-32-28-43(29-33-45)62(2,3)4)48-36-37-51-55(40-48)64(53-25-17-16-24-50(53)61-54(64)26-19-27-57(61)65)56-41-58(60-49-23-15-14-20-42(49)39-52(60)59(51)56)67(46-21-12-11-13-22-46)47-34-30-44(31-35-47)63(5,6)7/h8-12,14-21,23-38,40-42,49H,1,13,22,39H2,2-7H3/b10-9-,38-18+. The van der Waals surface area contributed by atoms with Crippen LogP contribution in [0, 0.1) is 11.7 Å². The summed E-state index contributed by atoms with van der Waals surface area (Å²) in [7, 11) is 0. The minimum atomic E-state index is -0.797. The van der Waals surface area contributed by atoms with E-state index in [1.807, 2.05) is 18.2 Å². The molecule has 0 radical (unpaired) electrons. The second-order valence-electron chi connectivity index (χ2n) is 20.9. The maximum absolute atomic E-state index is 16.8. The third-order valence-corrected chi connectivity index (χ3v) is 15.0. The van der Waals surface area contributed by atoms with E-state index in [-0.39, 0.29) is 22.6 Å². The van der Waals surface area contributed by atoms with Gasteiger partial charge >= 0.3 is 0 Å². The summed E-state index contributed by atoms with van der Waals surface area (Å²) in [5.41, 5.74) is 19.1. The number of rotatable bonds is 8. The highest BCUT2D eigenvalue weighted by atomic mass is 19.1. The Hall–Kier alpha value is -6.97. The van der Waals surface area contributed by atoms with Crippen LogP contribution in [0.5, 0.6) is 0 Å². The normalized spacial score (nSPS) is 19.6. The Labute approximate surface area is 397 Å². The minimum Gasteiger partial charge on any atom is -0.317 e. The van der Waals surface area contributed by atoms with Gasteiger partial charge in [-0.2, -0.15) is 0 Å². The van der Waals surface area contributed by atoms with Gasteiger partial charge in [-0.15, -0.1) is 0 Å². The fourth-order valence-corrected chi connectivity index (χ4v) is 11.8. The molecule has 67 heavy (non-hydrogen) atoms. The van der Waals surface area contributed by atoms with Crippen LogP contribution in [-0.2, 0) is 22.7 Å². The highest BCUT2D eigenvalue weighted by Gasteiger charge is 2.55. The first-order valence-corrected chi connectivity index (χ1v) is 24.1. The van der Waals surface area contributed by atoms with Crippen LogP contribution < -0.4 is 9.80 Å². The van der Waals surface area contributed by atoms with E-state index in [9.17, 15) is 0 Å². The lowest BCUT2D eigenvalue weighted by Gasteiger charge is -2.36. The predicted molar refractivity (Wildman–Crippen MR) is 280 cm³/mol. The van der Waals surface area contributed by atoms with Gasteiger partial charge < -0.3 is 9.80 Å². The van der Waals surface area contributed by atoms with E-state index in [0.29, 0.717) is 11.5 Å². The lowest BCUT2D eigenvalue weighted by molar-refractivity contribution is 0.590. The first kappa shape index (κ1) is 42.7. The summed E-state index contributed by atoms with van der Waals surface area (Å²) in [4.78, 5) is 4.86. The smallest absolute Gasteiger partial charge is 0.131 e. The van der Waals surface area contributed by atoms with Gasteiger partial charge in [0.15, 0.2) is 0 Å². The van der Waals surface area contributed by atoms with Crippen molar-refractivity contribution in [2.45, 2.75) is 83.0 Å². The lowest BCUT2D eigenvalue weighted by atomic mass is 9.70. The Kier molecular flexibility index (Phi) is 10.3. The van der Waals surface area contributed by atoms with Gasteiger partial charge in [0, 0.05) is 40.4 Å². The van der Waals surface area contributed by atoms with Crippen molar-refractivity contribution < 1.29 is 4.39 Å². The molecule has 0 heterocycles. The largest absolute Gasteiger partial charge is 0.317 e. The van der Waals surface area contributed by atoms with Gasteiger partial charge in [-0.05, 0) is 158 Å². The Morgan fingerprint density at radius 3 is 2.04 bits per heavy atom. The summed E-state index contributed by atoms with van der Waals surface area (Å²) in [6.07, 6.45) is 29.0. The van der Waals surface area contributed by atoms with Crippen molar-refractivity contribution >= 4 is 22.7 Å². The Balaban J connectivity index is 1.22. The van der Waals surface area contributed by atoms with E-state index >= 15 is 4.39 Å². The fourth-order valence-electron chi connectivity index (χ4n) is 11.8. The number of nitrogens with zero attached hydrogens (tertiary/aromatic N) is 2. The maximum Gasteiger partial charge on any atom is 0.131 e. The highest BCUT2D eigenvalue weighted by molar-refractivity contribution is 5.99. The molecule has 3 atom stereocenters. The number of hydrogen-bond acceptors (Lipinski definition) is 2. The van der Waals surface area contributed by atoms with Crippen LogP contribution in [-0.4, -0.2) is 0 Å². The van der Waals surface area contributed by atoms with Crippen LogP contribution >= 0.6 is 0 Å². The highest BCUT2D eigenvalue weighted by Crippen LogP contribution is 2.67. The van der Waals surface area contributed by atoms with E-state index in [1.165, 1.54) is 55.9 Å². The van der Waals surface area contributed by atoms with Crippen LogP contribution in [0.2, 0.25) is 0 Å². The Morgan fingerprint density at radius 1 is 0.642 bits per heavy atom. The average molecular weight is 875 g/mol. The number of halogens is 1. The molecule has 3 unspecified atom stereocenters. The lowest BCUT2D eigenvalue weighted by Crippen LogP contribution is -2.27. The van der Waals surface area contributed by atoms with E-state index in [0.717, 1.165) is 53.0 Å². The monoisotopic (exact) mass is 874 g/mol. The summed E-state index contributed by atoms with van der Waals surface area (Å²) in [5, 5.41) is 0. The third-order valence-electron chi connectivity index (χ3n) is 15.0. The molecule has 0 aromatic heterocycles. The molecule has 0 saturated heterocycles. The second-order valence-corrected chi connectivity index (χ2v) is 20.9. The second kappa shape index (κ2) is 16.1. The summed E-state index contributed by atoms with van der Waals surface area (Å²) >= 11 is 0. The van der Waals surface area contributed by atoms with Crippen molar-refractivity contribution in [1.82, 2.24) is 0 Å². The molecule has 0 N–H and O–H groups in total. The van der Waals surface area contributed by atoms with Crippen LogP contribution in [0.25, 0.3) is 22.3 Å². The molecule has 0 saturated carbocycles. The SMILES string of the molecule is C=C/C=C\C=C\N(c1ccc(C(C)(C)C)cc1)c1ccc2c(c1)C1(c3ccccc3-c3c(F)cccc31)c1cc(N(C3=CC=CCC3)c3ccc(C(C)(C)C)cc3)c3c(c1-2)CC1C=CC=CC31. The molecule has 6 aromatic rings. The summed E-state index contributed by atoms with van der Waals surface area (Å²) in [6, 6.07) is 42.2. The first-order chi connectivity index (χ1) is 32.4. The van der Waals surface area contributed by atoms with Gasteiger partial charge in [0.25, 0.3) is 0 Å². The topological polar surface area (TPSA) is 6.48 Å². The number of hydrogen-bond donors (Lipinski definition) is 0. The molecule has 5 aliphatic carbocycles. The van der Waals surface area contributed by atoms with Crippen LogP contribution in [0.1, 0.15) is 105 Å². The molecule has 11 rings (SSSR count). The van der Waals surface area contributed by atoms with E-state index in [2.05, 4.69) is 216 Å². The zero-order valence-electron chi connectivity index (χ0n) is 39.7. The van der Waals surface area contributed by atoms with Gasteiger partial charge in [-0.1, -0.05) is 170 Å². The fraction of sp³-hybridized carbons (Fsp3) is 0.219. The third kappa shape index (κ3) is 6.80. The van der Waals surface area contributed by atoms with Gasteiger partial charge in [0.1, 0.15) is 5.82 Å². The Morgan fingerprint density at radius 2 is 1.33 bits per heavy atom. The zero-order valence-corrected chi connectivity index (χ0v) is 39.7. The maximum atomic E-state index is 16.8. The van der Waals surface area contributed by atoms with Gasteiger partial charge in [0.2, 0.25) is 0 Å². The van der Waals surface area contributed by atoms with Gasteiger partial charge in [-0.3, -0.25) is 0 Å². The van der Waals surface area contributed by atoms with Crippen molar-refractivity contribution in [1.29, 1.82) is 0 Å². The zero-order chi connectivity index (χ0) is 46.2. The van der Waals surface area contributed by atoms with E-state index in [1.54, 1.807) is 12.1 Å². The van der Waals surface area contributed by atoms with Gasteiger partial charge in [0.05, 0.1) is 11.1 Å². The number of benzene rings is 6. The van der Waals surface area contributed by atoms with E-state index < -0.39 is 5.41 Å². The molecule has 6 aromatic carbocycles. The molecule has 332 valence electrons. The molecule has 0 aliphatic heterocycles. The van der Waals surface area contributed by atoms with Crippen molar-refractivity contribution in [3.05, 3.63) is 251 Å². The first-order valence-electron chi connectivity index (χ1n) is 24.1. The number of allylic oxidation sites excluding steroid dienone is 12. The van der Waals surface area contributed by atoms with Crippen LogP contribution in [0.4, 0.5) is 27.1 Å². The molecular formula is C64H59FN2. The van der Waals surface area contributed by atoms with Crippen LogP contribution in [0.15, 0.2) is 201 Å². The molecule has 0 bridgehead atoms. The van der Waals surface area contributed by atoms with Gasteiger partial charge in [-0.25, -0.2) is 4.39 Å². The average Bonchev–Trinajstić information content (AvgIpc) is 3.96. The molecule has 0 amide bonds. The molecular weight excluding hydrogens is 816 g/mol. The number of fused-ring (bicyclic) bond motifs is 14. The predicted octanol–water partition coefficient (Wildman–Crippen LogP) is 16.9. The molecule has 3 heteroatoms. The summed E-state index contributed by atoms with van der Waals surface area (Å²) in [5.74, 6) is 0.361. The van der Waals surface area contributed by atoms with Crippen molar-refractivity contribution in [2.75, 3.05) is 9.80 Å². The van der Waals surface area contributed by atoms with Crippen LogP contribution in [0.3, 0.4) is 0 Å². The quantitative estimate of drug-likeness (QED) is 0.140. The number of anilines is 4. The Bertz CT molecular complexity index is 3160. The summed E-state index contributed by atoms with van der Waals surface area (Å²) < 4.78 is 16.8. The molecule has 0 fully saturated rings. The molecule has 5 aliphatic rings. The minimum absolute atomic E-state index is 0.0219. The van der Waals surface area contributed by atoms with Crippen molar-refractivity contribution in [2.24, 2.45) is 5.92 Å². The molecule has 1 spiro atoms. The van der Waals surface area contributed by atoms with Crippen molar-refractivity contribution in [3.63, 3.8) is 0 Å². The van der Waals surface area contributed by atoms with Crippen molar-refractivity contribution in [3.8, 4) is 22.3 Å². The van der Waals surface area contributed by atoms with E-state index in [4.69, 9.17) is 0 Å².